The number of carbonyl (C=O) groups is 1. The van der Waals surface area contributed by atoms with Crippen molar-refractivity contribution in [3.8, 4) is 0 Å². The van der Waals surface area contributed by atoms with E-state index in [1.54, 1.807) is 23.3 Å². The summed E-state index contributed by atoms with van der Waals surface area (Å²) < 4.78 is 25.3. The van der Waals surface area contributed by atoms with Gasteiger partial charge in [-0.2, -0.15) is 0 Å². The first-order chi connectivity index (χ1) is 9.24. The van der Waals surface area contributed by atoms with E-state index in [0.717, 1.165) is 17.6 Å². The number of nitrogens with zero attached hydrogens (tertiary/aromatic N) is 1. The van der Waals surface area contributed by atoms with Crippen LogP contribution in [0.4, 0.5) is 0 Å². The molecule has 1 aromatic rings. The molecule has 1 amide bonds. The van der Waals surface area contributed by atoms with Gasteiger partial charge in [0.1, 0.15) is 6.04 Å². The van der Waals surface area contributed by atoms with Crippen LogP contribution >= 0.6 is 11.3 Å². The van der Waals surface area contributed by atoms with E-state index in [4.69, 9.17) is 0 Å². The average molecular weight is 318 g/mol. The molecule has 0 bridgehead atoms. The highest BCUT2D eigenvalue weighted by atomic mass is 32.2. The minimum Gasteiger partial charge on any atom is -0.339 e. The molecule has 0 aromatic carbocycles. The largest absolute Gasteiger partial charge is 0.339 e. The summed E-state index contributed by atoms with van der Waals surface area (Å²) in [7, 11) is -1.72. The van der Waals surface area contributed by atoms with Crippen LogP contribution in [-0.4, -0.2) is 38.6 Å². The van der Waals surface area contributed by atoms with Crippen LogP contribution in [0.25, 0.3) is 0 Å². The summed E-state index contributed by atoms with van der Waals surface area (Å²) >= 11 is 1.58. The van der Waals surface area contributed by atoms with Gasteiger partial charge < -0.3 is 4.90 Å². The van der Waals surface area contributed by atoms with E-state index in [-0.39, 0.29) is 11.8 Å². The molecule has 20 heavy (non-hydrogen) atoms. The van der Waals surface area contributed by atoms with Crippen LogP contribution in [0.5, 0.6) is 0 Å². The van der Waals surface area contributed by atoms with Crippen molar-refractivity contribution >= 4 is 27.3 Å². The van der Waals surface area contributed by atoms with Crippen LogP contribution in [-0.2, 0) is 21.4 Å². The van der Waals surface area contributed by atoms with Crippen molar-refractivity contribution in [1.29, 1.82) is 0 Å². The first-order valence-electron chi connectivity index (χ1n) is 6.49. The second-order valence-electron chi connectivity index (χ2n) is 5.03. The lowest BCUT2D eigenvalue weighted by Crippen LogP contribution is -2.50. The molecule has 0 saturated carbocycles. The van der Waals surface area contributed by atoms with Crippen molar-refractivity contribution in [3.63, 3.8) is 0 Å². The third-order valence-corrected chi connectivity index (χ3v) is 4.71. The molecule has 0 radical (unpaired) electrons. The molecular formula is C13H22N2O3S2. The third-order valence-electron chi connectivity index (χ3n) is 3.17. The Kier molecular flexibility index (Phi) is 6.16. The third kappa shape index (κ3) is 5.22. The molecule has 0 saturated heterocycles. The first kappa shape index (κ1) is 17.1. The van der Waals surface area contributed by atoms with Gasteiger partial charge in [-0.15, -0.1) is 11.3 Å². The van der Waals surface area contributed by atoms with Gasteiger partial charge in [0.15, 0.2) is 0 Å². The Bertz CT molecular complexity index is 526. The second kappa shape index (κ2) is 7.19. The van der Waals surface area contributed by atoms with Gasteiger partial charge in [0.25, 0.3) is 0 Å². The quantitative estimate of drug-likeness (QED) is 0.831. The van der Waals surface area contributed by atoms with Crippen LogP contribution in [0.3, 0.4) is 0 Å². The van der Waals surface area contributed by atoms with Crippen molar-refractivity contribution < 1.29 is 13.2 Å². The zero-order valence-electron chi connectivity index (χ0n) is 12.3. The van der Waals surface area contributed by atoms with Crippen molar-refractivity contribution in [2.75, 3.05) is 13.3 Å². The van der Waals surface area contributed by atoms with E-state index in [2.05, 4.69) is 4.72 Å². The minimum atomic E-state index is -3.41. The Morgan fingerprint density at radius 3 is 2.60 bits per heavy atom. The number of hydrogen-bond acceptors (Lipinski definition) is 4. The fourth-order valence-electron chi connectivity index (χ4n) is 1.83. The SMILES string of the molecule is CCC(C)C(NS(C)(=O)=O)C(=O)N(C)Cc1cccs1. The lowest BCUT2D eigenvalue weighted by molar-refractivity contribution is -0.133. The summed E-state index contributed by atoms with van der Waals surface area (Å²) in [5, 5.41) is 1.95. The molecule has 1 aromatic heterocycles. The average Bonchev–Trinajstić information content (AvgIpc) is 2.85. The Morgan fingerprint density at radius 2 is 2.15 bits per heavy atom. The molecule has 5 nitrogen and oxygen atoms in total. The summed E-state index contributed by atoms with van der Waals surface area (Å²) in [5.41, 5.74) is 0. The lowest BCUT2D eigenvalue weighted by atomic mass is 9.99. The standard InChI is InChI=1S/C13H22N2O3S2/c1-5-10(2)12(14-20(4,17)18)13(16)15(3)9-11-7-6-8-19-11/h6-8,10,12,14H,5,9H2,1-4H3. The van der Waals surface area contributed by atoms with E-state index < -0.39 is 16.1 Å². The molecular weight excluding hydrogens is 296 g/mol. The number of amides is 1. The minimum absolute atomic E-state index is 0.0528. The van der Waals surface area contributed by atoms with Crippen LogP contribution in [0.1, 0.15) is 25.1 Å². The van der Waals surface area contributed by atoms with Gasteiger partial charge in [-0.3, -0.25) is 4.79 Å². The van der Waals surface area contributed by atoms with Gasteiger partial charge >= 0.3 is 0 Å². The first-order valence-corrected chi connectivity index (χ1v) is 9.26. The number of nitrogens with one attached hydrogen (secondary N) is 1. The van der Waals surface area contributed by atoms with Crippen LogP contribution in [0.2, 0.25) is 0 Å². The maximum atomic E-state index is 12.5. The molecule has 114 valence electrons. The van der Waals surface area contributed by atoms with E-state index in [9.17, 15) is 13.2 Å². The predicted octanol–water partition coefficient (Wildman–Crippen LogP) is 1.67. The summed E-state index contributed by atoms with van der Waals surface area (Å²) in [6.07, 6.45) is 1.81. The summed E-state index contributed by atoms with van der Waals surface area (Å²) in [5.74, 6) is -0.249. The number of likely N-dealkylation sites (N-methyl/N-ethyl adjacent to an activating group) is 1. The maximum Gasteiger partial charge on any atom is 0.241 e. The molecule has 0 aliphatic carbocycles. The molecule has 0 fully saturated rings. The molecule has 0 aliphatic rings. The van der Waals surface area contributed by atoms with Gasteiger partial charge in [-0.05, 0) is 17.4 Å². The molecule has 0 spiro atoms. The molecule has 7 heteroatoms. The number of hydrogen-bond donors (Lipinski definition) is 1. The number of thiophene rings is 1. The van der Waals surface area contributed by atoms with E-state index in [1.807, 2.05) is 31.4 Å². The fourth-order valence-corrected chi connectivity index (χ4v) is 3.38. The van der Waals surface area contributed by atoms with E-state index >= 15 is 0 Å². The Balaban J connectivity index is 2.81. The topological polar surface area (TPSA) is 66.5 Å². The van der Waals surface area contributed by atoms with Gasteiger partial charge in [0.05, 0.1) is 12.8 Å². The Morgan fingerprint density at radius 1 is 1.50 bits per heavy atom. The zero-order valence-corrected chi connectivity index (χ0v) is 13.9. The lowest BCUT2D eigenvalue weighted by Gasteiger charge is -2.27. The van der Waals surface area contributed by atoms with Crippen molar-refractivity contribution in [2.45, 2.75) is 32.9 Å². The number of rotatable bonds is 7. The Labute approximate surface area is 125 Å². The molecule has 1 rings (SSSR count). The normalized spacial score (nSPS) is 14.8. The molecule has 2 unspecified atom stereocenters. The second-order valence-corrected chi connectivity index (χ2v) is 7.84. The van der Waals surface area contributed by atoms with Gasteiger partial charge in [0.2, 0.25) is 15.9 Å². The maximum absolute atomic E-state index is 12.5. The summed E-state index contributed by atoms with van der Waals surface area (Å²) in [4.78, 5) is 15.1. The van der Waals surface area contributed by atoms with Crippen LogP contribution in [0.15, 0.2) is 17.5 Å². The van der Waals surface area contributed by atoms with Gasteiger partial charge in [-0.1, -0.05) is 26.3 Å². The van der Waals surface area contributed by atoms with Crippen LogP contribution < -0.4 is 4.72 Å². The molecule has 1 heterocycles. The zero-order chi connectivity index (χ0) is 15.3. The molecule has 0 aliphatic heterocycles. The van der Waals surface area contributed by atoms with Gasteiger partial charge in [0, 0.05) is 11.9 Å². The van der Waals surface area contributed by atoms with Crippen molar-refractivity contribution in [3.05, 3.63) is 22.4 Å². The molecule has 1 N–H and O–H groups in total. The van der Waals surface area contributed by atoms with Crippen LogP contribution in [0, 0.1) is 5.92 Å². The summed E-state index contributed by atoms with van der Waals surface area (Å²) in [6, 6.07) is 3.18. The number of sulfonamides is 1. The monoisotopic (exact) mass is 318 g/mol. The Hall–Kier alpha value is -0.920. The van der Waals surface area contributed by atoms with Gasteiger partial charge in [-0.25, -0.2) is 13.1 Å². The highest BCUT2D eigenvalue weighted by Gasteiger charge is 2.29. The van der Waals surface area contributed by atoms with E-state index in [1.165, 1.54) is 0 Å². The molecule has 2 atom stereocenters. The van der Waals surface area contributed by atoms with Crippen molar-refractivity contribution in [1.82, 2.24) is 9.62 Å². The highest BCUT2D eigenvalue weighted by molar-refractivity contribution is 7.88. The van der Waals surface area contributed by atoms with E-state index in [0.29, 0.717) is 6.54 Å². The predicted molar refractivity (Wildman–Crippen MR) is 82.0 cm³/mol. The van der Waals surface area contributed by atoms with Crippen molar-refractivity contribution in [2.24, 2.45) is 5.92 Å². The fraction of sp³-hybridized carbons (Fsp3) is 0.615. The smallest absolute Gasteiger partial charge is 0.241 e. The highest BCUT2D eigenvalue weighted by Crippen LogP contribution is 2.15. The summed E-state index contributed by atoms with van der Waals surface area (Å²) in [6.45, 7) is 4.31. The number of carbonyl (C=O) groups excluding carboxylic acids is 1.